The second kappa shape index (κ2) is 4.92. The minimum atomic E-state index is -0.435. The van der Waals surface area contributed by atoms with E-state index in [-0.39, 0.29) is 0 Å². The first-order valence-corrected chi connectivity index (χ1v) is 7.38. The van der Waals surface area contributed by atoms with Gasteiger partial charge in [0.05, 0.1) is 5.92 Å². The van der Waals surface area contributed by atoms with Crippen molar-refractivity contribution in [1.29, 1.82) is 0 Å². The molecule has 2 heteroatoms. The lowest BCUT2D eigenvalue weighted by Crippen LogP contribution is -2.49. The van der Waals surface area contributed by atoms with Gasteiger partial charge in [0.15, 0.2) is 5.79 Å². The molecule has 0 spiro atoms. The Hall–Kier alpha value is -0.860. The Morgan fingerprint density at radius 3 is 2.84 bits per heavy atom. The van der Waals surface area contributed by atoms with Crippen LogP contribution in [0.5, 0.6) is 0 Å². The summed E-state index contributed by atoms with van der Waals surface area (Å²) in [7, 11) is 3.57. The molecule has 0 unspecified atom stereocenters. The van der Waals surface area contributed by atoms with Crippen molar-refractivity contribution in [1.82, 2.24) is 0 Å². The first-order valence-electron chi connectivity index (χ1n) is 7.38. The molecule has 1 saturated carbocycles. The normalized spacial score (nSPS) is 34.7. The van der Waals surface area contributed by atoms with Gasteiger partial charge in [-0.2, -0.15) is 0 Å². The average Bonchev–Trinajstić information content (AvgIpc) is 2.94. The molecule has 3 rings (SSSR count). The summed E-state index contributed by atoms with van der Waals surface area (Å²) in [6.07, 6.45) is 12.7. The van der Waals surface area contributed by atoms with Gasteiger partial charge in [0.1, 0.15) is 0 Å². The maximum Gasteiger partial charge on any atom is 0.183 e. The van der Waals surface area contributed by atoms with Crippen molar-refractivity contribution >= 4 is 0 Å². The third-order valence-electron chi connectivity index (χ3n) is 5.29. The lowest BCUT2D eigenvalue weighted by Gasteiger charge is -2.45. The fraction of sp³-hybridized carbons (Fsp3) is 0.647. The van der Waals surface area contributed by atoms with E-state index in [4.69, 9.17) is 9.47 Å². The minimum Gasteiger partial charge on any atom is -0.352 e. The van der Waals surface area contributed by atoms with Crippen molar-refractivity contribution in [2.24, 2.45) is 17.8 Å². The van der Waals surface area contributed by atoms with Gasteiger partial charge in [-0.25, -0.2) is 0 Å². The number of ether oxygens (including phenoxy) is 2. The molecule has 0 amide bonds. The van der Waals surface area contributed by atoms with E-state index in [0.717, 1.165) is 18.8 Å². The first kappa shape index (κ1) is 13.1. The van der Waals surface area contributed by atoms with E-state index >= 15 is 0 Å². The molecule has 1 fully saturated rings. The molecule has 3 atom stereocenters. The van der Waals surface area contributed by atoms with Gasteiger partial charge >= 0.3 is 0 Å². The largest absolute Gasteiger partial charge is 0.352 e. The van der Waals surface area contributed by atoms with Crippen molar-refractivity contribution in [3.63, 3.8) is 0 Å². The molecule has 0 aromatic carbocycles. The summed E-state index contributed by atoms with van der Waals surface area (Å²) in [5.74, 6) is 1.06. The summed E-state index contributed by atoms with van der Waals surface area (Å²) in [5, 5.41) is 0. The van der Waals surface area contributed by atoms with Gasteiger partial charge in [-0.3, -0.25) is 0 Å². The van der Waals surface area contributed by atoms with Crippen molar-refractivity contribution in [3.05, 3.63) is 36.0 Å². The maximum absolute atomic E-state index is 5.84. The fourth-order valence-corrected chi connectivity index (χ4v) is 4.46. The third kappa shape index (κ3) is 1.77. The summed E-state index contributed by atoms with van der Waals surface area (Å²) < 4.78 is 11.7. The minimum absolute atomic E-state index is 0.327. The van der Waals surface area contributed by atoms with Crippen LogP contribution in [0.25, 0.3) is 0 Å². The van der Waals surface area contributed by atoms with Crippen LogP contribution < -0.4 is 0 Å². The van der Waals surface area contributed by atoms with E-state index in [9.17, 15) is 0 Å². The summed E-state index contributed by atoms with van der Waals surface area (Å²) >= 11 is 0. The molecular formula is C17H24O2. The standard InChI is InChI=1S/C17H24O2/c1-4-5-6-12-7-8-13-11-14-9-10-15(16(12)13)17(14,18-2)19-3/h4,9-10,13-15H,1,5-8,11H2,2-3H3/t13-,14-,15+/m0/s1. The van der Waals surface area contributed by atoms with Gasteiger partial charge in [0, 0.05) is 20.1 Å². The average molecular weight is 260 g/mol. The van der Waals surface area contributed by atoms with Crippen LogP contribution in [-0.2, 0) is 9.47 Å². The zero-order chi connectivity index (χ0) is 13.5. The summed E-state index contributed by atoms with van der Waals surface area (Å²) in [6.45, 7) is 3.85. The highest BCUT2D eigenvalue weighted by atomic mass is 16.7. The molecule has 19 heavy (non-hydrogen) atoms. The smallest absolute Gasteiger partial charge is 0.183 e. The van der Waals surface area contributed by atoms with Crippen LogP contribution >= 0.6 is 0 Å². The SMILES string of the molecule is C=CCCC1=C2[C@@H](CC1)C[C@@H]1C=C[C@H]2C1(OC)OC. The van der Waals surface area contributed by atoms with E-state index in [2.05, 4.69) is 18.7 Å². The number of hydrogen-bond donors (Lipinski definition) is 0. The number of fused-ring (bicyclic) bond motifs is 4. The van der Waals surface area contributed by atoms with Crippen LogP contribution in [-0.4, -0.2) is 20.0 Å². The van der Waals surface area contributed by atoms with Gasteiger partial charge < -0.3 is 9.47 Å². The zero-order valence-electron chi connectivity index (χ0n) is 12.0. The topological polar surface area (TPSA) is 18.5 Å². The van der Waals surface area contributed by atoms with E-state index < -0.39 is 5.79 Å². The van der Waals surface area contributed by atoms with Crippen molar-refractivity contribution in [3.8, 4) is 0 Å². The van der Waals surface area contributed by atoms with E-state index in [0.29, 0.717) is 11.8 Å². The highest BCUT2D eigenvalue weighted by Gasteiger charge is 2.56. The van der Waals surface area contributed by atoms with Gasteiger partial charge in [0.2, 0.25) is 0 Å². The van der Waals surface area contributed by atoms with Crippen LogP contribution in [0.1, 0.15) is 32.1 Å². The first-order chi connectivity index (χ1) is 9.26. The van der Waals surface area contributed by atoms with Crippen LogP contribution in [0, 0.1) is 17.8 Å². The van der Waals surface area contributed by atoms with Gasteiger partial charge in [-0.15, -0.1) is 6.58 Å². The molecular weight excluding hydrogens is 236 g/mol. The molecule has 0 aromatic heterocycles. The van der Waals surface area contributed by atoms with Gasteiger partial charge in [-0.1, -0.05) is 29.4 Å². The van der Waals surface area contributed by atoms with Gasteiger partial charge in [-0.05, 0) is 38.0 Å². The highest BCUT2D eigenvalue weighted by Crippen LogP contribution is 2.57. The van der Waals surface area contributed by atoms with Crippen LogP contribution in [0.15, 0.2) is 36.0 Å². The Morgan fingerprint density at radius 2 is 2.16 bits per heavy atom. The lowest BCUT2D eigenvalue weighted by atomic mass is 9.72. The highest BCUT2D eigenvalue weighted by molar-refractivity contribution is 5.38. The second-order valence-corrected chi connectivity index (χ2v) is 5.96. The Morgan fingerprint density at radius 1 is 1.37 bits per heavy atom. The van der Waals surface area contributed by atoms with Gasteiger partial charge in [0.25, 0.3) is 0 Å². The Balaban J connectivity index is 1.97. The summed E-state index contributed by atoms with van der Waals surface area (Å²) in [6, 6.07) is 0. The molecule has 104 valence electrons. The Bertz CT molecular complexity index is 429. The molecule has 3 aliphatic rings. The molecule has 2 bridgehead atoms. The summed E-state index contributed by atoms with van der Waals surface area (Å²) in [5.41, 5.74) is 3.26. The third-order valence-corrected chi connectivity index (χ3v) is 5.29. The molecule has 0 aliphatic heterocycles. The van der Waals surface area contributed by atoms with Crippen molar-refractivity contribution in [2.75, 3.05) is 14.2 Å². The second-order valence-electron chi connectivity index (χ2n) is 5.96. The van der Waals surface area contributed by atoms with Crippen LogP contribution in [0.3, 0.4) is 0 Å². The number of rotatable bonds is 5. The van der Waals surface area contributed by atoms with Crippen molar-refractivity contribution in [2.45, 2.75) is 37.9 Å². The Labute approximate surface area is 116 Å². The Kier molecular flexibility index (Phi) is 3.40. The zero-order valence-corrected chi connectivity index (χ0v) is 12.0. The van der Waals surface area contributed by atoms with E-state index in [1.807, 2.05) is 6.08 Å². The van der Waals surface area contributed by atoms with Crippen molar-refractivity contribution < 1.29 is 9.47 Å². The number of methoxy groups -OCH3 is 2. The lowest BCUT2D eigenvalue weighted by molar-refractivity contribution is -0.251. The monoisotopic (exact) mass is 260 g/mol. The molecule has 0 aromatic rings. The number of allylic oxidation sites excluding steroid dienone is 2. The maximum atomic E-state index is 5.84. The molecule has 2 nitrogen and oxygen atoms in total. The predicted octanol–water partition coefficient (Wildman–Crippen LogP) is 3.85. The molecule has 0 N–H and O–H groups in total. The van der Waals surface area contributed by atoms with E-state index in [1.165, 1.54) is 19.3 Å². The van der Waals surface area contributed by atoms with Crippen LogP contribution in [0.2, 0.25) is 0 Å². The summed E-state index contributed by atoms with van der Waals surface area (Å²) in [4.78, 5) is 0. The quantitative estimate of drug-likeness (QED) is 0.552. The van der Waals surface area contributed by atoms with Crippen LogP contribution in [0.4, 0.5) is 0 Å². The predicted molar refractivity (Wildman–Crippen MR) is 76.7 cm³/mol. The molecule has 0 saturated heterocycles. The fourth-order valence-electron chi connectivity index (χ4n) is 4.46. The number of hydrogen-bond acceptors (Lipinski definition) is 2. The molecule has 0 heterocycles. The molecule has 0 radical (unpaired) electrons. The molecule has 3 aliphatic carbocycles. The van der Waals surface area contributed by atoms with E-state index in [1.54, 1.807) is 25.4 Å².